The molecule has 1 N–H and O–H groups in total. The van der Waals surface area contributed by atoms with Crippen molar-refractivity contribution in [2.75, 3.05) is 0 Å². The molecule has 1 saturated carbocycles. The molecular formula is C10H15NO2. The maximum Gasteiger partial charge on any atom is 0.0987 e. The van der Waals surface area contributed by atoms with Crippen LogP contribution < -0.4 is 0 Å². The second-order valence-electron chi connectivity index (χ2n) is 3.38. The van der Waals surface area contributed by atoms with Crippen molar-refractivity contribution in [2.24, 2.45) is 5.18 Å². The molecule has 0 unspecified atom stereocenters. The van der Waals surface area contributed by atoms with Gasteiger partial charge in [-0.1, -0.05) is 24.8 Å². The molecule has 1 aliphatic carbocycles. The maximum atomic E-state index is 10.3. The zero-order valence-corrected chi connectivity index (χ0v) is 7.86. The van der Waals surface area contributed by atoms with Crippen LogP contribution in [0.5, 0.6) is 0 Å². The van der Waals surface area contributed by atoms with Crippen molar-refractivity contribution >= 4 is 0 Å². The highest BCUT2D eigenvalue weighted by Crippen LogP contribution is 2.30. The van der Waals surface area contributed by atoms with Gasteiger partial charge in [0.2, 0.25) is 0 Å². The monoisotopic (exact) mass is 181 g/mol. The number of allylic oxidation sites excluding steroid dienone is 1. The fourth-order valence-corrected chi connectivity index (χ4v) is 1.62. The second-order valence-corrected chi connectivity index (χ2v) is 3.38. The van der Waals surface area contributed by atoms with Crippen LogP contribution in [0, 0.1) is 4.91 Å². The summed E-state index contributed by atoms with van der Waals surface area (Å²) in [6.07, 6.45) is 3.36. The van der Waals surface area contributed by atoms with Gasteiger partial charge in [0.1, 0.15) is 0 Å². The molecular weight excluding hydrogens is 166 g/mol. The lowest BCUT2D eigenvalue weighted by molar-refractivity contribution is 0.182. The van der Waals surface area contributed by atoms with E-state index < -0.39 is 6.10 Å². The first-order valence-corrected chi connectivity index (χ1v) is 4.57. The summed E-state index contributed by atoms with van der Waals surface area (Å²) in [6, 6.07) is -0.279. The van der Waals surface area contributed by atoms with E-state index >= 15 is 0 Å². The molecule has 0 heterocycles. The third-order valence-corrected chi connectivity index (χ3v) is 2.37. The number of aliphatic hydroxyl groups excluding tert-OH is 1. The number of rotatable bonds is 2. The highest BCUT2D eigenvalue weighted by atomic mass is 16.3. The van der Waals surface area contributed by atoms with Gasteiger partial charge >= 0.3 is 0 Å². The van der Waals surface area contributed by atoms with Gasteiger partial charge in [-0.3, -0.25) is 0 Å². The van der Waals surface area contributed by atoms with Crippen LogP contribution in [0.15, 0.2) is 29.0 Å². The van der Waals surface area contributed by atoms with Crippen molar-refractivity contribution in [2.45, 2.75) is 38.3 Å². The van der Waals surface area contributed by atoms with Gasteiger partial charge in [0.25, 0.3) is 0 Å². The Balaban J connectivity index is 2.77. The lowest BCUT2D eigenvalue weighted by Crippen LogP contribution is -2.25. The Morgan fingerprint density at radius 2 is 2.46 bits per heavy atom. The van der Waals surface area contributed by atoms with E-state index in [1.165, 1.54) is 0 Å². The molecule has 0 spiro atoms. The molecule has 0 saturated heterocycles. The summed E-state index contributed by atoms with van der Waals surface area (Å²) in [5.74, 6) is 0. The molecule has 0 amide bonds. The standard InChI is InChI=1S/C10H15NO2/c1-3-4-8-5-9(11-13)6-10(12)7(8)2/h4,9-10,12H,2-3,5-6H2,1H3/b8-4-/t9-,10+/m1/s1. The van der Waals surface area contributed by atoms with Gasteiger partial charge < -0.3 is 5.11 Å². The van der Waals surface area contributed by atoms with Crippen LogP contribution in [0.25, 0.3) is 0 Å². The zero-order chi connectivity index (χ0) is 9.84. The zero-order valence-electron chi connectivity index (χ0n) is 7.86. The lowest BCUT2D eigenvalue weighted by Gasteiger charge is -2.26. The first kappa shape index (κ1) is 10.1. The maximum absolute atomic E-state index is 10.3. The molecule has 0 aromatic rings. The average molecular weight is 181 g/mol. The Morgan fingerprint density at radius 1 is 1.77 bits per heavy atom. The van der Waals surface area contributed by atoms with Gasteiger partial charge in [-0.05, 0) is 24.0 Å². The van der Waals surface area contributed by atoms with Crippen LogP contribution in [0.3, 0.4) is 0 Å². The van der Waals surface area contributed by atoms with Crippen LogP contribution in [-0.2, 0) is 0 Å². The van der Waals surface area contributed by atoms with Gasteiger partial charge in [0.05, 0.1) is 12.1 Å². The number of nitroso groups, excluding NO2 is 1. The van der Waals surface area contributed by atoms with Crippen molar-refractivity contribution in [1.29, 1.82) is 0 Å². The molecule has 72 valence electrons. The molecule has 1 aliphatic rings. The van der Waals surface area contributed by atoms with Crippen molar-refractivity contribution in [3.63, 3.8) is 0 Å². The summed E-state index contributed by atoms with van der Waals surface area (Å²) in [4.78, 5) is 10.3. The van der Waals surface area contributed by atoms with E-state index in [1.54, 1.807) is 0 Å². The van der Waals surface area contributed by atoms with Gasteiger partial charge in [-0.2, -0.15) is 4.91 Å². The Hall–Kier alpha value is -0.960. The number of hydrogen-bond acceptors (Lipinski definition) is 3. The number of aliphatic hydroxyl groups is 1. The summed E-state index contributed by atoms with van der Waals surface area (Å²) in [7, 11) is 0. The van der Waals surface area contributed by atoms with Crippen LogP contribution >= 0.6 is 0 Å². The van der Waals surface area contributed by atoms with Gasteiger partial charge in [0, 0.05) is 6.42 Å². The van der Waals surface area contributed by atoms with E-state index in [1.807, 2.05) is 13.0 Å². The Kier molecular flexibility index (Phi) is 3.37. The smallest absolute Gasteiger partial charge is 0.0987 e. The molecule has 0 aliphatic heterocycles. The summed E-state index contributed by atoms with van der Waals surface area (Å²) in [6.45, 7) is 5.82. The van der Waals surface area contributed by atoms with Crippen molar-refractivity contribution in [1.82, 2.24) is 0 Å². The minimum Gasteiger partial charge on any atom is -0.388 e. The molecule has 3 nitrogen and oxygen atoms in total. The minimum absolute atomic E-state index is 0.279. The molecule has 0 aromatic heterocycles. The largest absolute Gasteiger partial charge is 0.388 e. The number of hydrogen-bond donors (Lipinski definition) is 1. The first-order chi connectivity index (χ1) is 6.19. The summed E-state index contributed by atoms with van der Waals surface area (Å²) >= 11 is 0. The molecule has 0 bridgehead atoms. The van der Waals surface area contributed by atoms with Gasteiger partial charge in [0.15, 0.2) is 0 Å². The summed E-state index contributed by atoms with van der Waals surface area (Å²) < 4.78 is 0. The molecule has 1 rings (SSSR count). The minimum atomic E-state index is -0.589. The number of nitrogens with zero attached hydrogens (tertiary/aromatic N) is 1. The first-order valence-electron chi connectivity index (χ1n) is 4.57. The molecule has 0 radical (unpaired) electrons. The third kappa shape index (κ3) is 2.25. The van der Waals surface area contributed by atoms with E-state index in [0.29, 0.717) is 12.8 Å². The SMILES string of the molecule is C=C1/C(=C\CC)C[C@@H](N=O)C[C@@H]1O. The Morgan fingerprint density at radius 3 is 3.00 bits per heavy atom. The molecule has 2 atom stereocenters. The predicted molar refractivity (Wildman–Crippen MR) is 52.3 cm³/mol. The van der Waals surface area contributed by atoms with Gasteiger partial charge in [-0.15, -0.1) is 0 Å². The van der Waals surface area contributed by atoms with Crippen molar-refractivity contribution in [3.8, 4) is 0 Å². The topological polar surface area (TPSA) is 49.7 Å². The average Bonchev–Trinajstić information content (AvgIpc) is 2.13. The highest BCUT2D eigenvalue weighted by Gasteiger charge is 2.26. The summed E-state index contributed by atoms with van der Waals surface area (Å²) in [5.41, 5.74) is 1.74. The third-order valence-electron chi connectivity index (χ3n) is 2.37. The molecule has 1 fully saturated rings. The fourth-order valence-electron chi connectivity index (χ4n) is 1.62. The van der Waals surface area contributed by atoms with E-state index in [0.717, 1.165) is 17.6 Å². The summed E-state index contributed by atoms with van der Waals surface area (Å²) in [5, 5.41) is 12.5. The van der Waals surface area contributed by atoms with Crippen LogP contribution in [-0.4, -0.2) is 17.3 Å². The fraction of sp³-hybridized carbons (Fsp3) is 0.600. The van der Waals surface area contributed by atoms with Crippen LogP contribution in [0.2, 0.25) is 0 Å². The molecule has 0 aromatic carbocycles. The van der Waals surface area contributed by atoms with Crippen molar-refractivity contribution in [3.05, 3.63) is 28.7 Å². The van der Waals surface area contributed by atoms with Crippen molar-refractivity contribution < 1.29 is 5.11 Å². The predicted octanol–water partition coefficient (Wildman–Crippen LogP) is 2.17. The van der Waals surface area contributed by atoms with Gasteiger partial charge in [-0.25, -0.2) is 0 Å². The van der Waals surface area contributed by atoms with Crippen LogP contribution in [0.4, 0.5) is 0 Å². The van der Waals surface area contributed by atoms with Crippen LogP contribution in [0.1, 0.15) is 26.2 Å². The Bertz CT molecular complexity index is 245. The van der Waals surface area contributed by atoms with E-state index in [2.05, 4.69) is 11.8 Å². The lowest BCUT2D eigenvalue weighted by atomic mass is 9.85. The van der Waals surface area contributed by atoms with E-state index in [4.69, 9.17) is 0 Å². The van der Waals surface area contributed by atoms with E-state index in [-0.39, 0.29) is 6.04 Å². The van der Waals surface area contributed by atoms with E-state index in [9.17, 15) is 10.0 Å². The highest BCUT2D eigenvalue weighted by molar-refractivity contribution is 5.35. The quantitative estimate of drug-likeness (QED) is 0.664. The molecule has 3 heteroatoms. The normalized spacial score (nSPS) is 32.2. The second kappa shape index (κ2) is 4.33. The Labute approximate surface area is 78.1 Å². The molecule has 13 heavy (non-hydrogen) atoms.